The average molecular weight is 651 g/mol. The van der Waals surface area contributed by atoms with E-state index >= 15 is 0 Å². The van der Waals surface area contributed by atoms with Crippen LogP contribution in [-0.4, -0.2) is 56.9 Å². The predicted octanol–water partition coefficient (Wildman–Crippen LogP) is 6.39. The number of benzene rings is 2. The van der Waals surface area contributed by atoms with Crippen molar-refractivity contribution in [3.05, 3.63) is 80.2 Å². The van der Waals surface area contributed by atoms with Crippen LogP contribution in [0.2, 0.25) is 10.0 Å². The summed E-state index contributed by atoms with van der Waals surface area (Å²) in [4.78, 5) is 23.0. The van der Waals surface area contributed by atoms with Gasteiger partial charge in [-0.1, -0.05) is 29.3 Å². The highest BCUT2D eigenvalue weighted by molar-refractivity contribution is 6.35. The minimum atomic E-state index is -4.67. The molecule has 0 aliphatic carbocycles. The van der Waals surface area contributed by atoms with Crippen molar-refractivity contribution < 1.29 is 37.3 Å². The Morgan fingerprint density at radius 1 is 1.18 bits per heavy atom. The van der Waals surface area contributed by atoms with Crippen molar-refractivity contribution in [2.24, 2.45) is 0 Å². The Morgan fingerprint density at radius 3 is 2.64 bits per heavy atom. The number of imidazole rings is 1. The fourth-order valence-electron chi connectivity index (χ4n) is 5.40. The van der Waals surface area contributed by atoms with Gasteiger partial charge < -0.3 is 23.9 Å². The number of nitrogens with zero attached hydrogens (tertiary/aromatic N) is 4. The highest BCUT2D eigenvalue weighted by atomic mass is 35.5. The lowest BCUT2D eigenvalue weighted by Gasteiger charge is -2.30. The van der Waals surface area contributed by atoms with Crippen LogP contribution < -0.4 is 9.47 Å². The van der Waals surface area contributed by atoms with Crippen LogP contribution in [-0.2, 0) is 43.6 Å². The third-order valence-electron chi connectivity index (χ3n) is 7.82. The van der Waals surface area contributed by atoms with E-state index in [4.69, 9.17) is 42.4 Å². The number of hydrogen-bond acceptors (Lipinski definition) is 7. The number of aromatic carboxylic acids is 1. The fourth-order valence-corrected chi connectivity index (χ4v) is 5.87. The van der Waals surface area contributed by atoms with Gasteiger partial charge in [0, 0.05) is 35.3 Å². The van der Waals surface area contributed by atoms with E-state index in [1.165, 1.54) is 19.2 Å². The van der Waals surface area contributed by atoms with Gasteiger partial charge in [0.1, 0.15) is 29.3 Å². The molecule has 9 nitrogen and oxygen atoms in total. The molecule has 0 saturated carbocycles. The summed E-state index contributed by atoms with van der Waals surface area (Å²) < 4.78 is 60.7. The summed E-state index contributed by atoms with van der Waals surface area (Å²) in [5.41, 5.74) is 1.69. The van der Waals surface area contributed by atoms with E-state index in [-0.39, 0.29) is 29.8 Å². The number of ether oxygens (including phenoxy) is 3. The van der Waals surface area contributed by atoms with Crippen LogP contribution >= 0.6 is 23.2 Å². The lowest BCUT2D eigenvalue weighted by atomic mass is 10.0. The van der Waals surface area contributed by atoms with Crippen LogP contribution in [0.5, 0.6) is 11.6 Å². The molecule has 44 heavy (non-hydrogen) atoms. The van der Waals surface area contributed by atoms with Gasteiger partial charge in [0.2, 0.25) is 5.88 Å². The Balaban J connectivity index is 1.30. The molecular weight excluding hydrogens is 624 g/mol. The molecule has 0 unspecified atom stereocenters. The van der Waals surface area contributed by atoms with Gasteiger partial charge in [0.25, 0.3) is 0 Å². The summed E-state index contributed by atoms with van der Waals surface area (Å²) in [6, 6.07) is 8.78. The molecule has 14 heteroatoms. The lowest BCUT2D eigenvalue weighted by molar-refractivity contribution is -0.139. The van der Waals surface area contributed by atoms with E-state index in [0.717, 1.165) is 12.5 Å². The Bertz CT molecular complexity index is 1740. The lowest BCUT2D eigenvalue weighted by Crippen LogP contribution is -2.34. The van der Waals surface area contributed by atoms with Crippen LogP contribution in [0.1, 0.15) is 45.0 Å². The molecule has 2 aliphatic heterocycles. The zero-order valence-corrected chi connectivity index (χ0v) is 25.0. The van der Waals surface area contributed by atoms with E-state index in [0.29, 0.717) is 77.1 Å². The van der Waals surface area contributed by atoms with Crippen LogP contribution in [0, 0.1) is 0 Å². The van der Waals surface area contributed by atoms with Gasteiger partial charge in [0.15, 0.2) is 0 Å². The molecule has 0 amide bonds. The number of alkyl halides is 3. The van der Waals surface area contributed by atoms with Crippen LogP contribution in [0.4, 0.5) is 13.2 Å². The molecule has 6 rings (SSSR count). The number of carboxylic acid groups (broad SMARTS) is 1. The van der Waals surface area contributed by atoms with Crippen molar-refractivity contribution in [3.63, 3.8) is 0 Å². The number of hydrogen-bond donors (Lipinski definition) is 1. The van der Waals surface area contributed by atoms with E-state index in [1.807, 2.05) is 9.47 Å². The fraction of sp³-hybridized carbons (Fsp3) is 0.367. The third kappa shape index (κ3) is 6.16. The maximum atomic E-state index is 14.0. The van der Waals surface area contributed by atoms with Gasteiger partial charge in [-0.3, -0.25) is 4.90 Å². The predicted molar refractivity (Wildman–Crippen MR) is 155 cm³/mol. The Labute approximate surface area is 260 Å². The molecule has 0 bridgehead atoms. The first-order valence-electron chi connectivity index (χ1n) is 13.8. The second-order valence-corrected chi connectivity index (χ2v) is 11.5. The van der Waals surface area contributed by atoms with E-state index < -0.39 is 23.6 Å². The average Bonchev–Trinajstić information content (AvgIpc) is 3.29. The molecule has 2 aromatic heterocycles. The molecule has 1 N–H and O–H groups in total. The zero-order chi connectivity index (χ0) is 31.2. The quantitative estimate of drug-likeness (QED) is 0.223. The van der Waals surface area contributed by atoms with Crippen molar-refractivity contribution in [3.8, 4) is 11.6 Å². The van der Waals surface area contributed by atoms with E-state index in [1.54, 1.807) is 18.2 Å². The molecule has 1 fully saturated rings. The van der Waals surface area contributed by atoms with Crippen LogP contribution in [0.3, 0.4) is 0 Å². The zero-order valence-electron chi connectivity index (χ0n) is 23.5. The molecule has 4 heterocycles. The van der Waals surface area contributed by atoms with Crippen molar-refractivity contribution >= 4 is 40.2 Å². The first-order valence-corrected chi connectivity index (χ1v) is 14.6. The highest BCUT2D eigenvalue weighted by Gasteiger charge is 2.37. The summed E-state index contributed by atoms with van der Waals surface area (Å²) in [6.45, 7) is 1.97. The minimum absolute atomic E-state index is 0.0379. The van der Waals surface area contributed by atoms with Crippen molar-refractivity contribution in [1.29, 1.82) is 0 Å². The van der Waals surface area contributed by atoms with Gasteiger partial charge in [-0.05, 0) is 48.7 Å². The Hall–Kier alpha value is -3.58. The monoisotopic (exact) mass is 650 g/mol. The Morgan fingerprint density at radius 2 is 1.98 bits per heavy atom. The first kappa shape index (κ1) is 30.4. The van der Waals surface area contributed by atoms with Gasteiger partial charge in [-0.15, -0.1) is 0 Å². The Kier molecular flexibility index (Phi) is 8.35. The standard InChI is InChI=1S/C30H27Cl2F3N4O5/c1-42-25-10-18(29(40)41)9-24-27(25)37-26(39(24)12-20-5-7-43-20)14-38-6-4-16-8-21(30(33,34)35)28(36-23(16)13-38)44-15-17-2-3-19(31)11-22(17)32/h2-3,8-11,20H,4-7,12-15H2,1H3,(H,40,41)/t20-/m0/s1. The number of halogens is 5. The van der Waals surface area contributed by atoms with Gasteiger partial charge in [0.05, 0.1) is 43.1 Å². The number of methoxy groups -OCH3 is 1. The molecule has 1 saturated heterocycles. The number of pyridine rings is 1. The second kappa shape index (κ2) is 12.1. The molecule has 232 valence electrons. The van der Waals surface area contributed by atoms with Crippen LogP contribution in [0.25, 0.3) is 11.0 Å². The van der Waals surface area contributed by atoms with Crippen molar-refractivity contribution in [1.82, 2.24) is 19.4 Å². The smallest absolute Gasteiger partial charge is 0.421 e. The number of aromatic nitrogens is 3. The second-order valence-electron chi connectivity index (χ2n) is 10.7. The normalized spacial score (nSPS) is 16.9. The topological polar surface area (TPSA) is 98.9 Å². The van der Waals surface area contributed by atoms with Gasteiger partial charge in [-0.2, -0.15) is 13.2 Å². The molecule has 4 aromatic rings. The number of rotatable bonds is 9. The molecule has 1 atom stereocenters. The highest BCUT2D eigenvalue weighted by Crippen LogP contribution is 2.38. The third-order valence-corrected chi connectivity index (χ3v) is 8.41. The largest absolute Gasteiger partial charge is 0.494 e. The first-order chi connectivity index (χ1) is 21.0. The molecular formula is C30H27Cl2F3N4O5. The van der Waals surface area contributed by atoms with E-state index in [2.05, 4.69) is 4.98 Å². The SMILES string of the molecule is COc1cc(C(=O)O)cc2c1nc(CN1CCc3cc(C(F)(F)F)c(OCc4ccc(Cl)cc4Cl)nc3C1)n2C[C@@H]1CCO1. The molecule has 0 radical (unpaired) electrons. The summed E-state index contributed by atoms with van der Waals surface area (Å²) in [5, 5.41) is 10.3. The maximum absolute atomic E-state index is 14.0. The summed E-state index contributed by atoms with van der Waals surface area (Å²) in [6.07, 6.45) is -3.50. The van der Waals surface area contributed by atoms with E-state index in [9.17, 15) is 23.1 Å². The number of carboxylic acids is 1. The minimum Gasteiger partial charge on any atom is -0.494 e. The molecule has 2 aliphatic rings. The summed E-state index contributed by atoms with van der Waals surface area (Å²) in [7, 11) is 1.46. The molecule has 0 spiro atoms. The maximum Gasteiger partial charge on any atom is 0.421 e. The number of fused-ring (bicyclic) bond motifs is 2. The van der Waals surface area contributed by atoms with Crippen LogP contribution in [0.15, 0.2) is 36.4 Å². The van der Waals surface area contributed by atoms with Crippen molar-refractivity contribution in [2.45, 2.75) is 51.4 Å². The van der Waals surface area contributed by atoms with Gasteiger partial charge in [-0.25, -0.2) is 14.8 Å². The molecule has 2 aromatic carbocycles. The number of carbonyl (C=O) groups is 1. The summed E-state index contributed by atoms with van der Waals surface area (Å²) >= 11 is 12.1. The summed E-state index contributed by atoms with van der Waals surface area (Å²) in [5.74, 6) is -0.625. The van der Waals surface area contributed by atoms with Gasteiger partial charge >= 0.3 is 12.1 Å². The van der Waals surface area contributed by atoms with Crippen molar-refractivity contribution in [2.75, 3.05) is 20.3 Å².